The molecule has 1 aliphatic rings. The second-order valence-corrected chi connectivity index (χ2v) is 5.81. The van der Waals surface area contributed by atoms with E-state index in [1.165, 1.54) is 42.9 Å². The number of anilines is 1. The largest absolute Gasteiger partial charge is 0.356 e. The predicted octanol–water partition coefficient (Wildman–Crippen LogP) is 3.29. The number of hydrogen-bond acceptors (Lipinski definition) is 2. The van der Waals surface area contributed by atoms with Crippen LogP contribution in [0.1, 0.15) is 44.7 Å². The van der Waals surface area contributed by atoms with Crippen molar-refractivity contribution in [1.82, 2.24) is 4.98 Å². The molecule has 1 saturated heterocycles. The van der Waals surface area contributed by atoms with E-state index in [-0.39, 0.29) is 5.41 Å². The van der Waals surface area contributed by atoms with Gasteiger partial charge in [0, 0.05) is 19.3 Å². The zero-order chi connectivity index (χ0) is 11.8. The fourth-order valence-corrected chi connectivity index (χ4v) is 2.24. The molecule has 0 N–H and O–H groups in total. The smallest absolute Gasteiger partial charge is 0.131 e. The monoisotopic (exact) mass is 218 g/mol. The van der Waals surface area contributed by atoms with Gasteiger partial charge in [-0.05, 0) is 36.3 Å². The maximum atomic E-state index is 4.65. The Kier molecular flexibility index (Phi) is 2.92. The first-order valence-electron chi connectivity index (χ1n) is 6.20. The Bertz CT molecular complexity index is 371. The van der Waals surface area contributed by atoms with E-state index in [2.05, 4.69) is 43.6 Å². The summed E-state index contributed by atoms with van der Waals surface area (Å²) in [4.78, 5) is 7.06. The lowest BCUT2D eigenvalue weighted by molar-refractivity contribution is 0.586. The first-order valence-corrected chi connectivity index (χ1v) is 6.20. The topological polar surface area (TPSA) is 16.1 Å². The summed E-state index contributed by atoms with van der Waals surface area (Å²) in [5.41, 5.74) is 2.84. The van der Waals surface area contributed by atoms with Gasteiger partial charge in [0.05, 0.1) is 0 Å². The quantitative estimate of drug-likeness (QED) is 0.719. The number of nitrogens with zero attached hydrogens (tertiary/aromatic N) is 2. The van der Waals surface area contributed by atoms with Crippen molar-refractivity contribution in [2.45, 2.75) is 46.0 Å². The minimum atomic E-state index is 0.196. The summed E-state index contributed by atoms with van der Waals surface area (Å²) < 4.78 is 0. The molecule has 2 nitrogen and oxygen atoms in total. The third kappa shape index (κ3) is 2.21. The van der Waals surface area contributed by atoms with E-state index >= 15 is 0 Å². The van der Waals surface area contributed by atoms with Gasteiger partial charge in [-0.1, -0.05) is 26.8 Å². The van der Waals surface area contributed by atoms with Crippen molar-refractivity contribution < 1.29 is 0 Å². The van der Waals surface area contributed by atoms with Crippen molar-refractivity contribution in [1.29, 1.82) is 0 Å². The molecule has 0 radical (unpaired) electrons. The first kappa shape index (κ1) is 11.4. The summed E-state index contributed by atoms with van der Waals surface area (Å²) in [5, 5.41) is 0. The average Bonchev–Trinajstić information content (AvgIpc) is 2.69. The van der Waals surface area contributed by atoms with Crippen LogP contribution in [0.5, 0.6) is 0 Å². The SMILES string of the molecule is Cc1cc(C(C)(C)C)cnc1N1CCCC1. The Morgan fingerprint density at radius 3 is 2.31 bits per heavy atom. The van der Waals surface area contributed by atoms with Gasteiger partial charge in [0.2, 0.25) is 0 Å². The molecule has 1 aromatic rings. The molecule has 16 heavy (non-hydrogen) atoms. The summed E-state index contributed by atoms with van der Waals surface area (Å²) in [6.45, 7) is 11.2. The molecule has 2 heteroatoms. The van der Waals surface area contributed by atoms with Gasteiger partial charge in [-0.3, -0.25) is 0 Å². The Labute approximate surface area is 98.7 Å². The lowest BCUT2D eigenvalue weighted by atomic mass is 9.87. The van der Waals surface area contributed by atoms with Crippen molar-refractivity contribution in [2.75, 3.05) is 18.0 Å². The molecular weight excluding hydrogens is 196 g/mol. The molecule has 0 amide bonds. The second-order valence-electron chi connectivity index (χ2n) is 5.81. The van der Waals surface area contributed by atoms with Gasteiger partial charge in [-0.25, -0.2) is 4.98 Å². The van der Waals surface area contributed by atoms with Crippen LogP contribution >= 0.6 is 0 Å². The van der Waals surface area contributed by atoms with Crippen molar-refractivity contribution in [3.63, 3.8) is 0 Å². The van der Waals surface area contributed by atoms with Crippen LogP contribution in [0.3, 0.4) is 0 Å². The minimum absolute atomic E-state index is 0.196. The van der Waals surface area contributed by atoms with Gasteiger partial charge in [0.15, 0.2) is 0 Å². The van der Waals surface area contributed by atoms with Crippen LogP contribution in [0.15, 0.2) is 12.3 Å². The van der Waals surface area contributed by atoms with Gasteiger partial charge in [-0.2, -0.15) is 0 Å². The fraction of sp³-hybridized carbons (Fsp3) is 0.643. The highest BCUT2D eigenvalue weighted by atomic mass is 15.2. The van der Waals surface area contributed by atoms with E-state index in [9.17, 15) is 0 Å². The van der Waals surface area contributed by atoms with Crippen LogP contribution in [0.4, 0.5) is 5.82 Å². The molecule has 0 bridgehead atoms. The maximum Gasteiger partial charge on any atom is 0.131 e. The molecule has 0 atom stereocenters. The normalized spacial score (nSPS) is 16.9. The Morgan fingerprint density at radius 1 is 1.19 bits per heavy atom. The highest BCUT2D eigenvalue weighted by Crippen LogP contribution is 2.27. The zero-order valence-electron chi connectivity index (χ0n) is 10.9. The standard InChI is InChI=1S/C14H22N2/c1-11-9-12(14(2,3)4)10-15-13(11)16-7-5-6-8-16/h9-10H,5-8H2,1-4H3. The van der Waals surface area contributed by atoms with Gasteiger partial charge in [0.25, 0.3) is 0 Å². The summed E-state index contributed by atoms with van der Waals surface area (Å²) in [6.07, 6.45) is 4.66. The van der Waals surface area contributed by atoms with Crippen LogP contribution in [0, 0.1) is 6.92 Å². The molecule has 1 aliphatic heterocycles. The second kappa shape index (κ2) is 4.08. The molecule has 0 aliphatic carbocycles. The molecule has 1 aromatic heterocycles. The van der Waals surface area contributed by atoms with Crippen molar-refractivity contribution in [2.24, 2.45) is 0 Å². The van der Waals surface area contributed by atoms with Crippen LogP contribution in [-0.4, -0.2) is 18.1 Å². The number of hydrogen-bond donors (Lipinski definition) is 0. The molecule has 1 fully saturated rings. The number of aromatic nitrogens is 1. The van der Waals surface area contributed by atoms with E-state index in [0.717, 1.165) is 0 Å². The summed E-state index contributed by atoms with van der Waals surface area (Å²) in [6, 6.07) is 2.29. The molecular formula is C14H22N2. The highest BCUT2D eigenvalue weighted by Gasteiger charge is 2.19. The Balaban J connectivity index is 2.29. The third-order valence-corrected chi connectivity index (χ3v) is 3.32. The maximum absolute atomic E-state index is 4.65. The minimum Gasteiger partial charge on any atom is -0.356 e. The van der Waals surface area contributed by atoms with Crippen LogP contribution in [0.2, 0.25) is 0 Å². The number of pyridine rings is 1. The van der Waals surface area contributed by atoms with E-state index in [0.29, 0.717) is 0 Å². The number of rotatable bonds is 1. The fourth-order valence-electron chi connectivity index (χ4n) is 2.24. The van der Waals surface area contributed by atoms with Crippen LogP contribution < -0.4 is 4.90 Å². The first-order chi connectivity index (χ1) is 7.48. The molecule has 2 rings (SSSR count). The Morgan fingerprint density at radius 2 is 1.81 bits per heavy atom. The predicted molar refractivity (Wildman–Crippen MR) is 69.1 cm³/mol. The van der Waals surface area contributed by atoms with E-state index in [1.807, 2.05) is 6.20 Å². The van der Waals surface area contributed by atoms with Gasteiger partial charge in [-0.15, -0.1) is 0 Å². The molecule has 0 unspecified atom stereocenters. The molecule has 0 aromatic carbocycles. The van der Waals surface area contributed by atoms with Crippen LogP contribution in [0.25, 0.3) is 0 Å². The number of aryl methyl sites for hydroxylation is 1. The van der Waals surface area contributed by atoms with Gasteiger partial charge < -0.3 is 4.90 Å². The van der Waals surface area contributed by atoms with Crippen molar-refractivity contribution >= 4 is 5.82 Å². The summed E-state index contributed by atoms with van der Waals surface area (Å²) in [5.74, 6) is 1.19. The van der Waals surface area contributed by atoms with E-state index < -0.39 is 0 Å². The molecule has 0 spiro atoms. The van der Waals surface area contributed by atoms with E-state index in [1.54, 1.807) is 0 Å². The third-order valence-electron chi connectivity index (χ3n) is 3.32. The highest BCUT2D eigenvalue weighted by molar-refractivity contribution is 5.48. The summed E-state index contributed by atoms with van der Waals surface area (Å²) >= 11 is 0. The lowest BCUT2D eigenvalue weighted by Gasteiger charge is -2.23. The molecule has 88 valence electrons. The molecule has 0 saturated carbocycles. The van der Waals surface area contributed by atoms with Gasteiger partial charge in [0.1, 0.15) is 5.82 Å². The summed E-state index contributed by atoms with van der Waals surface area (Å²) in [7, 11) is 0. The van der Waals surface area contributed by atoms with E-state index in [4.69, 9.17) is 0 Å². The van der Waals surface area contributed by atoms with Crippen molar-refractivity contribution in [3.8, 4) is 0 Å². The molecule has 2 heterocycles. The van der Waals surface area contributed by atoms with Crippen LogP contribution in [-0.2, 0) is 5.41 Å². The zero-order valence-corrected chi connectivity index (χ0v) is 10.9. The average molecular weight is 218 g/mol. The van der Waals surface area contributed by atoms with Gasteiger partial charge >= 0.3 is 0 Å². The Hall–Kier alpha value is -1.05. The lowest BCUT2D eigenvalue weighted by Crippen LogP contribution is -2.21. The van der Waals surface area contributed by atoms with Crippen molar-refractivity contribution in [3.05, 3.63) is 23.4 Å².